The Morgan fingerprint density at radius 1 is 1.17 bits per heavy atom. The number of pyridine rings is 1. The standard InChI is InChI=1S/C26H28FN7O2/c1-3-14-33-25(35)21-17-28-26(29-19-11-9-18(27)10-12-19)31-24(21)34(33)22-7-4-8-23(30-22)36-20-6-5-15-32(2)16-13-20/h3-4,7-12,17,20H,1,5-6,13-16H2,2H3,(H,28,29,31). The van der Waals surface area contributed by atoms with Crippen LogP contribution in [0, 0.1) is 5.82 Å². The van der Waals surface area contributed by atoms with E-state index in [2.05, 4.69) is 33.8 Å². The Morgan fingerprint density at radius 2 is 2.00 bits per heavy atom. The number of likely N-dealkylation sites (tertiary alicyclic amines) is 1. The highest BCUT2D eigenvalue weighted by atomic mass is 19.1. The number of ether oxygens (including phenoxy) is 1. The molecule has 10 heteroatoms. The molecule has 3 aromatic heterocycles. The summed E-state index contributed by atoms with van der Waals surface area (Å²) in [5.74, 6) is 0.934. The molecule has 0 saturated carbocycles. The molecule has 1 aromatic carbocycles. The van der Waals surface area contributed by atoms with Gasteiger partial charge in [0.1, 0.15) is 17.3 Å². The zero-order chi connectivity index (χ0) is 25.1. The second-order valence-corrected chi connectivity index (χ2v) is 8.86. The number of halogens is 1. The molecular formula is C26H28FN7O2. The first-order chi connectivity index (χ1) is 17.5. The predicted molar refractivity (Wildman–Crippen MR) is 137 cm³/mol. The number of fused-ring (bicyclic) bond motifs is 1. The maximum Gasteiger partial charge on any atom is 0.278 e. The van der Waals surface area contributed by atoms with E-state index in [4.69, 9.17) is 9.72 Å². The Morgan fingerprint density at radius 3 is 2.81 bits per heavy atom. The van der Waals surface area contributed by atoms with Crippen molar-refractivity contribution in [3.8, 4) is 11.7 Å². The minimum atomic E-state index is -0.337. The Kier molecular flexibility index (Phi) is 6.77. The van der Waals surface area contributed by atoms with Gasteiger partial charge in [-0.25, -0.2) is 18.7 Å². The van der Waals surface area contributed by atoms with Crippen molar-refractivity contribution in [3.63, 3.8) is 0 Å². The zero-order valence-corrected chi connectivity index (χ0v) is 20.1. The SMILES string of the molecule is C=CCn1c(=O)c2cnc(Nc3ccc(F)cc3)nc2n1-c1cccc(OC2CCCN(C)CC2)n1. The second kappa shape index (κ2) is 10.3. The third kappa shape index (κ3) is 4.99. The van der Waals surface area contributed by atoms with Crippen LogP contribution in [0.2, 0.25) is 0 Å². The van der Waals surface area contributed by atoms with Crippen LogP contribution in [0.5, 0.6) is 5.88 Å². The van der Waals surface area contributed by atoms with E-state index in [1.165, 1.54) is 23.0 Å². The molecule has 1 atom stereocenters. The van der Waals surface area contributed by atoms with Crippen LogP contribution in [0.25, 0.3) is 16.9 Å². The van der Waals surface area contributed by atoms with Crippen molar-refractivity contribution in [1.29, 1.82) is 0 Å². The van der Waals surface area contributed by atoms with Gasteiger partial charge in [-0.3, -0.25) is 4.79 Å². The molecule has 9 nitrogen and oxygen atoms in total. The maximum atomic E-state index is 13.3. The molecule has 5 rings (SSSR count). The molecule has 1 aliphatic heterocycles. The lowest BCUT2D eigenvalue weighted by atomic mass is 10.2. The molecule has 0 aliphatic carbocycles. The number of hydrogen-bond donors (Lipinski definition) is 1. The molecule has 0 radical (unpaired) electrons. The summed E-state index contributed by atoms with van der Waals surface area (Å²) in [5.41, 5.74) is 0.762. The molecule has 0 spiro atoms. The van der Waals surface area contributed by atoms with Crippen LogP contribution in [-0.4, -0.2) is 55.5 Å². The monoisotopic (exact) mass is 489 g/mol. The van der Waals surface area contributed by atoms with E-state index in [0.29, 0.717) is 28.4 Å². The van der Waals surface area contributed by atoms with Crippen molar-refractivity contribution >= 4 is 22.7 Å². The van der Waals surface area contributed by atoms with Crippen LogP contribution in [0.3, 0.4) is 0 Å². The third-order valence-electron chi connectivity index (χ3n) is 6.19. The molecule has 0 amide bonds. The average molecular weight is 490 g/mol. The predicted octanol–water partition coefficient (Wildman–Crippen LogP) is 3.91. The summed E-state index contributed by atoms with van der Waals surface area (Å²) < 4.78 is 22.7. The Hall–Kier alpha value is -4.05. The largest absolute Gasteiger partial charge is 0.474 e. The summed E-state index contributed by atoms with van der Waals surface area (Å²) in [6, 6.07) is 11.4. The topological polar surface area (TPSA) is 90.1 Å². The van der Waals surface area contributed by atoms with Gasteiger partial charge in [0.2, 0.25) is 11.8 Å². The first-order valence-electron chi connectivity index (χ1n) is 12.0. The van der Waals surface area contributed by atoms with Crippen LogP contribution in [0.4, 0.5) is 16.0 Å². The summed E-state index contributed by atoms with van der Waals surface area (Å²) >= 11 is 0. The smallest absolute Gasteiger partial charge is 0.278 e. The van der Waals surface area contributed by atoms with Crippen molar-refractivity contribution in [1.82, 2.24) is 29.2 Å². The van der Waals surface area contributed by atoms with Crippen molar-refractivity contribution < 1.29 is 9.13 Å². The lowest BCUT2D eigenvalue weighted by molar-refractivity contribution is 0.175. The van der Waals surface area contributed by atoms with E-state index in [-0.39, 0.29) is 30.0 Å². The van der Waals surface area contributed by atoms with E-state index in [1.807, 2.05) is 12.1 Å². The van der Waals surface area contributed by atoms with E-state index < -0.39 is 0 Å². The van der Waals surface area contributed by atoms with Crippen molar-refractivity contribution in [2.45, 2.75) is 31.9 Å². The van der Waals surface area contributed by atoms with Crippen molar-refractivity contribution in [3.05, 3.63) is 77.5 Å². The highest BCUT2D eigenvalue weighted by Gasteiger charge is 2.20. The van der Waals surface area contributed by atoms with Gasteiger partial charge in [0, 0.05) is 24.5 Å². The number of allylic oxidation sites excluding steroid dienone is 1. The van der Waals surface area contributed by atoms with Gasteiger partial charge < -0.3 is 15.0 Å². The van der Waals surface area contributed by atoms with Crippen LogP contribution in [0.1, 0.15) is 19.3 Å². The third-order valence-corrected chi connectivity index (χ3v) is 6.19. The minimum absolute atomic E-state index is 0.0864. The molecule has 0 bridgehead atoms. The number of aromatic nitrogens is 5. The number of hydrogen-bond acceptors (Lipinski definition) is 7. The van der Waals surface area contributed by atoms with Gasteiger partial charge in [0.25, 0.3) is 5.56 Å². The number of benzene rings is 1. The summed E-state index contributed by atoms with van der Waals surface area (Å²) in [5, 5.41) is 3.40. The van der Waals surface area contributed by atoms with Crippen LogP contribution in [0.15, 0.2) is 66.1 Å². The molecule has 1 saturated heterocycles. The zero-order valence-electron chi connectivity index (χ0n) is 20.1. The molecule has 1 unspecified atom stereocenters. The number of rotatable bonds is 7. The fourth-order valence-electron chi connectivity index (χ4n) is 4.36. The molecular weight excluding hydrogens is 461 g/mol. The number of anilines is 2. The van der Waals surface area contributed by atoms with E-state index >= 15 is 0 Å². The molecule has 186 valence electrons. The van der Waals surface area contributed by atoms with Crippen LogP contribution >= 0.6 is 0 Å². The Labute approximate surface area is 207 Å². The highest BCUT2D eigenvalue weighted by molar-refractivity contribution is 5.77. The van der Waals surface area contributed by atoms with Crippen molar-refractivity contribution in [2.75, 3.05) is 25.5 Å². The van der Waals surface area contributed by atoms with Gasteiger partial charge in [-0.1, -0.05) is 12.1 Å². The van der Waals surface area contributed by atoms with Gasteiger partial charge in [-0.15, -0.1) is 6.58 Å². The Balaban J connectivity index is 1.52. The normalized spacial score (nSPS) is 16.6. The number of nitrogens with zero attached hydrogens (tertiary/aromatic N) is 6. The average Bonchev–Trinajstić information content (AvgIpc) is 2.99. The lowest BCUT2D eigenvalue weighted by Gasteiger charge is -2.17. The summed E-state index contributed by atoms with van der Waals surface area (Å²) in [4.78, 5) is 29.1. The van der Waals surface area contributed by atoms with E-state index in [9.17, 15) is 9.18 Å². The summed E-state index contributed by atoms with van der Waals surface area (Å²) in [7, 11) is 2.12. The van der Waals surface area contributed by atoms with Gasteiger partial charge >= 0.3 is 0 Å². The van der Waals surface area contributed by atoms with Crippen LogP contribution < -0.4 is 15.6 Å². The highest BCUT2D eigenvalue weighted by Crippen LogP contribution is 2.22. The Bertz CT molecular complexity index is 1430. The van der Waals surface area contributed by atoms with Gasteiger partial charge in [-0.2, -0.15) is 9.97 Å². The molecule has 4 heterocycles. The molecule has 1 fully saturated rings. The number of nitrogens with one attached hydrogen (secondary N) is 1. The first kappa shape index (κ1) is 23.7. The van der Waals surface area contributed by atoms with E-state index in [0.717, 1.165) is 32.4 Å². The molecule has 36 heavy (non-hydrogen) atoms. The molecule has 4 aromatic rings. The first-order valence-corrected chi connectivity index (χ1v) is 12.0. The minimum Gasteiger partial charge on any atom is -0.474 e. The summed E-state index contributed by atoms with van der Waals surface area (Å²) in [6.07, 6.45) is 6.18. The summed E-state index contributed by atoms with van der Waals surface area (Å²) in [6.45, 7) is 6.09. The van der Waals surface area contributed by atoms with Gasteiger partial charge in [0.15, 0.2) is 11.5 Å². The second-order valence-electron chi connectivity index (χ2n) is 8.86. The quantitative estimate of drug-likeness (QED) is 0.394. The molecule has 1 N–H and O–H groups in total. The van der Waals surface area contributed by atoms with Crippen molar-refractivity contribution in [2.24, 2.45) is 0 Å². The van der Waals surface area contributed by atoms with E-state index in [1.54, 1.807) is 29.0 Å². The van der Waals surface area contributed by atoms with Crippen LogP contribution in [-0.2, 0) is 6.54 Å². The molecule has 1 aliphatic rings. The van der Waals surface area contributed by atoms with Gasteiger partial charge in [0.05, 0.1) is 6.54 Å². The fraction of sp³-hybridized carbons (Fsp3) is 0.308. The van der Waals surface area contributed by atoms with Gasteiger partial charge in [-0.05, 0) is 63.2 Å². The lowest BCUT2D eigenvalue weighted by Crippen LogP contribution is -2.23. The fourth-order valence-corrected chi connectivity index (χ4v) is 4.36. The maximum absolute atomic E-state index is 13.3.